The van der Waals surface area contributed by atoms with Crippen LogP contribution in [0.4, 0.5) is 0 Å². The van der Waals surface area contributed by atoms with Gasteiger partial charge in [0.2, 0.25) is 0 Å². The van der Waals surface area contributed by atoms with Gasteiger partial charge >= 0.3 is 0 Å². The van der Waals surface area contributed by atoms with Crippen molar-refractivity contribution in [2.75, 3.05) is 20.8 Å². The predicted octanol–water partition coefficient (Wildman–Crippen LogP) is -1.65. The summed E-state index contributed by atoms with van der Waals surface area (Å²) in [5.41, 5.74) is 0. The molecule has 1 atom stereocenters. The molecule has 1 aliphatic rings. The summed E-state index contributed by atoms with van der Waals surface area (Å²) in [7, 11) is 4.04. The fraction of sp³-hybridized carbons (Fsp3) is 0.750. The van der Waals surface area contributed by atoms with Gasteiger partial charge in [0.05, 0.1) is 7.05 Å². The van der Waals surface area contributed by atoms with Crippen molar-refractivity contribution in [1.82, 2.24) is 4.90 Å². The van der Waals surface area contributed by atoms with Gasteiger partial charge < -0.3 is 4.90 Å². The molecule has 0 aromatic carbocycles. The van der Waals surface area contributed by atoms with Gasteiger partial charge in [-0.15, -0.1) is 0 Å². The zero-order valence-corrected chi connectivity index (χ0v) is 4.68. The highest BCUT2D eigenvalue weighted by molar-refractivity contribution is 5.53. The zero-order valence-electron chi connectivity index (χ0n) is 4.68. The van der Waals surface area contributed by atoms with E-state index in [4.69, 9.17) is 0 Å². The molecule has 3 heteroatoms. The van der Waals surface area contributed by atoms with Gasteiger partial charge in [-0.25, -0.2) is 0 Å². The van der Waals surface area contributed by atoms with E-state index < -0.39 is 0 Å². The smallest absolute Gasteiger partial charge is 0.177 e. The number of hydrogen-bond donors (Lipinski definition) is 1. The standard InChI is InChI=1S/C4H9N3/c1-6-3-5-7(2)4-6/h3H,4H2,1-2H3/p+1. The number of rotatable bonds is 0. The predicted molar refractivity (Wildman–Crippen MR) is 28.0 cm³/mol. The summed E-state index contributed by atoms with van der Waals surface area (Å²) < 4.78 is 0. The lowest BCUT2D eigenvalue weighted by Crippen LogP contribution is -3.03. The Labute approximate surface area is 43.2 Å². The normalized spacial score (nSPS) is 29.4. The van der Waals surface area contributed by atoms with Gasteiger partial charge in [0.25, 0.3) is 0 Å². The van der Waals surface area contributed by atoms with Crippen LogP contribution in [0.1, 0.15) is 0 Å². The molecule has 0 saturated heterocycles. The van der Waals surface area contributed by atoms with Crippen LogP contribution in [0.25, 0.3) is 0 Å². The minimum atomic E-state index is 1.00. The molecule has 40 valence electrons. The van der Waals surface area contributed by atoms with Crippen molar-refractivity contribution < 1.29 is 5.01 Å². The molecule has 0 aromatic rings. The third-order valence-electron chi connectivity index (χ3n) is 0.953. The summed E-state index contributed by atoms with van der Waals surface area (Å²) in [6.07, 6.45) is 1.84. The van der Waals surface area contributed by atoms with E-state index in [-0.39, 0.29) is 0 Å². The summed E-state index contributed by atoms with van der Waals surface area (Å²) in [6.45, 7) is 1.00. The molecule has 0 amide bonds. The fourth-order valence-electron chi connectivity index (χ4n) is 0.640. The van der Waals surface area contributed by atoms with Gasteiger partial charge in [-0.2, -0.15) is 5.01 Å². The van der Waals surface area contributed by atoms with Crippen molar-refractivity contribution in [3.63, 3.8) is 0 Å². The van der Waals surface area contributed by atoms with Crippen molar-refractivity contribution in [3.05, 3.63) is 0 Å². The zero-order chi connectivity index (χ0) is 5.28. The van der Waals surface area contributed by atoms with Gasteiger partial charge in [0.1, 0.15) is 0 Å². The summed E-state index contributed by atoms with van der Waals surface area (Å²) in [6, 6.07) is 0. The van der Waals surface area contributed by atoms with Crippen LogP contribution >= 0.6 is 0 Å². The molecule has 0 aromatic heterocycles. The van der Waals surface area contributed by atoms with E-state index in [1.807, 2.05) is 20.4 Å². The van der Waals surface area contributed by atoms with Crippen LogP contribution in [0.5, 0.6) is 0 Å². The SMILES string of the molecule is CN1C=N[NH+](C)C1. The van der Waals surface area contributed by atoms with Crippen LogP contribution in [0, 0.1) is 0 Å². The molecule has 0 fully saturated rings. The Balaban J connectivity index is 2.42. The molecule has 3 nitrogen and oxygen atoms in total. The van der Waals surface area contributed by atoms with Crippen molar-refractivity contribution in [2.45, 2.75) is 0 Å². The lowest BCUT2D eigenvalue weighted by atomic mass is 10.9. The number of nitrogens with one attached hydrogen (secondary N) is 1. The second-order valence-electron chi connectivity index (χ2n) is 1.89. The monoisotopic (exact) mass is 100 g/mol. The average molecular weight is 100 g/mol. The van der Waals surface area contributed by atoms with Crippen LogP contribution in [-0.4, -0.2) is 32.0 Å². The van der Waals surface area contributed by atoms with Crippen molar-refractivity contribution in [2.24, 2.45) is 5.10 Å². The Kier molecular flexibility index (Phi) is 0.982. The lowest BCUT2D eigenvalue weighted by Gasteiger charge is -2.01. The van der Waals surface area contributed by atoms with Crippen molar-refractivity contribution in [3.8, 4) is 0 Å². The van der Waals surface area contributed by atoms with Crippen LogP contribution in [0.2, 0.25) is 0 Å². The van der Waals surface area contributed by atoms with E-state index in [1.54, 1.807) is 0 Å². The third-order valence-corrected chi connectivity index (χ3v) is 0.953. The second kappa shape index (κ2) is 1.50. The molecule has 0 saturated carbocycles. The third kappa shape index (κ3) is 0.899. The van der Waals surface area contributed by atoms with E-state index in [2.05, 4.69) is 10.0 Å². The summed E-state index contributed by atoms with van der Waals surface area (Å²) in [5.74, 6) is 0. The Bertz CT molecular complexity index is 78.9. The first-order valence-corrected chi connectivity index (χ1v) is 2.36. The minimum absolute atomic E-state index is 1.00. The maximum Gasteiger partial charge on any atom is 0.177 e. The summed E-state index contributed by atoms with van der Waals surface area (Å²) in [5, 5.41) is 5.23. The van der Waals surface area contributed by atoms with Crippen molar-refractivity contribution >= 4 is 6.34 Å². The first kappa shape index (κ1) is 4.59. The maximum absolute atomic E-state index is 4.03. The molecule has 1 aliphatic heterocycles. The number of hydrogen-bond acceptors (Lipinski definition) is 2. The minimum Gasteiger partial charge on any atom is -0.313 e. The Morgan fingerprint density at radius 1 is 1.86 bits per heavy atom. The Morgan fingerprint density at radius 2 is 2.57 bits per heavy atom. The number of nitrogens with zero attached hydrogens (tertiary/aromatic N) is 2. The highest BCUT2D eigenvalue weighted by Crippen LogP contribution is 1.70. The van der Waals surface area contributed by atoms with Gasteiger partial charge in [-0.05, 0) is 0 Å². The molecule has 7 heavy (non-hydrogen) atoms. The molecule has 1 rings (SSSR count). The van der Waals surface area contributed by atoms with Crippen LogP contribution < -0.4 is 5.01 Å². The quantitative estimate of drug-likeness (QED) is 0.386. The van der Waals surface area contributed by atoms with E-state index in [1.165, 1.54) is 5.01 Å². The first-order chi connectivity index (χ1) is 3.29. The molecule has 0 spiro atoms. The topological polar surface area (TPSA) is 20.0 Å². The first-order valence-electron chi connectivity index (χ1n) is 2.36. The summed E-state index contributed by atoms with van der Waals surface area (Å²) >= 11 is 0. The molecule has 0 radical (unpaired) electrons. The Hall–Kier alpha value is -0.570. The van der Waals surface area contributed by atoms with Crippen LogP contribution in [0.15, 0.2) is 5.10 Å². The van der Waals surface area contributed by atoms with Gasteiger partial charge in [-0.1, -0.05) is 5.10 Å². The Morgan fingerprint density at radius 3 is 2.71 bits per heavy atom. The van der Waals surface area contributed by atoms with E-state index >= 15 is 0 Å². The molecule has 0 aliphatic carbocycles. The molecule has 1 heterocycles. The van der Waals surface area contributed by atoms with Crippen molar-refractivity contribution in [1.29, 1.82) is 0 Å². The fourth-order valence-corrected chi connectivity index (χ4v) is 0.640. The summed E-state index contributed by atoms with van der Waals surface area (Å²) in [4.78, 5) is 2.05. The van der Waals surface area contributed by atoms with Crippen LogP contribution in [0.3, 0.4) is 0 Å². The molecule has 1 unspecified atom stereocenters. The molecular weight excluding hydrogens is 90.1 g/mol. The average Bonchev–Trinajstić information content (AvgIpc) is 1.87. The van der Waals surface area contributed by atoms with Crippen LogP contribution in [-0.2, 0) is 0 Å². The highest BCUT2D eigenvalue weighted by atomic mass is 15.6. The van der Waals surface area contributed by atoms with E-state index in [9.17, 15) is 0 Å². The largest absolute Gasteiger partial charge is 0.313 e. The molecule has 1 N–H and O–H groups in total. The van der Waals surface area contributed by atoms with Gasteiger partial charge in [-0.3, -0.25) is 0 Å². The van der Waals surface area contributed by atoms with Gasteiger partial charge in [0, 0.05) is 7.05 Å². The highest BCUT2D eigenvalue weighted by Gasteiger charge is 2.07. The maximum atomic E-state index is 4.03. The second-order valence-corrected chi connectivity index (χ2v) is 1.89. The molecule has 0 bridgehead atoms. The lowest BCUT2D eigenvalue weighted by molar-refractivity contribution is -0.887. The number of quaternary nitrogens is 1. The van der Waals surface area contributed by atoms with E-state index in [0.717, 1.165) is 6.67 Å². The van der Waals surface area contributed by atoms with E-state index in [0.29, 0.717) is 0 Å². The van der Waals surface area contributed by atoms with Gasteiger partial charge in [0.15, 0.2) is 13.0 Å². The molecular formula is C4H10N3+.